The van der Waals surface area contributed by atoms with Crippen molar-refractivity contribution in [3.63, 3.8) is 0 Å². The van der Waals surface area contributed by atoms with Crippen LogP contribution >= 0.6 is 22.6 Å². The number of aromatic nitrogens is 1. The van der Waals surface area contributed by atoms with E-state index >= 15 is 0 Å². The summed E-state index contributed by atoms with van der Waals surface area (Å²) < 4.78 is 26.8. The van der Waals surface area contributed by atoms with E-state index in [9.17, 15) is 18.0 Å². The van der Waals surface area contributed by atoms with Gasteiger partial charge < -0.3 is 20.5 Å². The molecule has 0 saturated carbocycles. The van der Waals surface area contributed by atoms with Crippen molar-refractivity contribution in [2.75, 3.05) is 31.9 Å². The number of carbonyl (C=O) groups excluding carboxylic acids is 2. The number of carbonyl (C=O) groups is 2. The van der Waals surface area contributed by atoms with Crippen LogP contribution in [0.2, 0.25) is 0 Å². The predicted octanol–water partition coefficient (Wildman–Crippen LogP) is 4.27. The molecule has 10 heteroatoms. The minimum Gasteiger partial charge on any atom is -0.358 e. The molecule has 1 fully saturated rings. The average molecular weight is 665 g/mol. The molecule has 2 aromatic rings. The molecule has 1 aromatic heterocycles. The van der Waals surface area contributed by atoms with Gasteiger partial charge in [-0.15, -0.1) is 0 Å². The highest BCUT2D eigenvalue weighted by Crippen LogP contribution is 2.29. The van der Waals surface area contributed by atoms with Gasteiger partial charge in [-0.3, -0.25) is 9.59 Å². The number of nitrogens with one attached hydrogen (secondary N) is 3. The molecular formula is C29H37IN4O4S. The van der Waals surface area contributed by atoms with Crippen LogP contribution in [0.4, 0.5) is 0 Å². The number of rotatable bonds is 11. The number of hydrogen-bond donors (Lipinski definition) is 3. The fourth-order valence-electron chi connectivity index (χ4n) is 4.62. The van der Waals surface area contributed by atoms with E-state index in [1.807, 2.05) is 32.0 Å². The molecule has 210 valence electrons. The summed E-state index contributed by atoms with van der Waals surface area (Å²) in [6.07, 6.45) is 5.03. The van der Waals surface area contributed by atoms with Crippen molar-refractivity contribution in [3.05, 3.63) is 84.9 Å². The maximum absolute atomic E-state index is 13.0. The lowest BCUT2D eigenvalue weighted by Crippen LogP contribution is -2.35. The Bertz CT molecular complexity index is 1430. The van der Waals surface area contributed by atoms with Crippen LogP contribution in [-0.4, -0.2) is 62.0 Å². The third-order valence-corrected chi connectivity index (χ3v) is 8.90. The number of benzene rings is 1. The van der Waals surface area contributed by atoms with Crippen LogP contribution in [0.15, 0.2) is 53.3 Å². The van der Waals surface area contributed by atoms with Crippen LogP contribution in [0.5, 0.6) is 0 Å². The number of sulfone groups is 1. The molecule has 3 N–H and O–H groups in total. The molecule has 3 rings (SSSR count). The Hall–Kier alpha value is -2.70. The maximum Gasteiger partial charge on any atom is 0.256 e. The zero-order valence-corrected chi connectivity index (χ0v) is 26.1. The van der Waals surface area contributed by atoms with Gasteiger partial charge in [0.1, 0.15) is 0 Å². The summed E-state index contributed by atoms with van der Waals surface area (Å²) >= 11 is 2.16. The largest absolute Gasteiger partial charge is 0.358 e. The van der Waals surface area contributed by atoms with Gasteiger partial charge in [-0.25, -0.2) is 8.42 Å². The van der Waals surface area contributed by atoms with Crippen LogP contribution in [0.25, 0.3) is 6.08 Å². The Morgan fingerprint density at radius 1 is 1.15 bits per heavy atom. The number of amides is 2. The van der Waals surface area contributed by atoms with Gasteiger partial charge in [0.25, 0.3) is 11.8 Å². The molecule has 8 nitrogen and oxygen atoms in total. The van der Waals surface area contributed by atoms with Gasteiger partial charge in [0.05, 0.1) is 22.6 Å². The van der Waals surface area contributed by atoms with Crippen LogP contribution in [0.3, 0.4) is 0 Å². The smallest absolute Gasteiger partial charge is 0.256 e. The molecule has 0 radical (unpaired) electrons. The molecule has 0 aliphatic carbocycles. The maximum atomic E-state index is 13.0. The summed E-state index contributed by atoms with van der Waals surface area (Å²) in [5.74, 6) is -0.775. The highest BCUT2D eigenvalue weighted by Gasteiger charge is 2.28. The molecule has 1 aromatic carbocycles. The van der Waals surface area contributed by atoms with Crippen LogP contribution in [0, 0.1) is 17.4 Å². The molecule has 2 amide bonds. The van der Waals surface area contributed by atoms with E-state index in [1.165, 1.54) is 0 Å². The Morgan fingerprint density at radius 3 is 2.51 bits per heavy atom. The van der Waals surface area contributed by atoms with Crippen molar-refractivity contribution in [1.29, 1.82) is 0 Å². The Kier molecular flexibility index (Phi) is 10.7. The number of likely N-dealkylation sites (N-methyl/N-ethyl adjacent to an activating group) is 1. The first kappa shape index (κ1) is 30.8. The van der Waals surface area contributed by atoms with Gasteiger partial charge in [0.15, 0.2) is 9.84 Å². The Morgan fingerprint density at radius 2 is 1.87 bits per heavy atom. The third-order valence-electron chi connectivity index (χ3n) is 6.78. The third kappa shape index (κ3) is 7.92. The standard InChI is InChI=1S/C29H37IN4O4S/c1-6-25-23(12-15-39(37,38)18-21-10-9-11-22(30)16-21)24(28(35)33-25)17-26-19(4)27(20(5)32-26)29(36)31-13-14-34(7-2)8-3/h6,9-12,16-17,32H,7-8,13-15,18H2,1-5H3,(H,31,36)(H,33,35). The fraction of sp³-hybridized carbons (Fsp3) is 0.379. The van der Waals surface area contributed by atoms with Gasteiger partial charge in [0.2, 0.25) is 0 Å². The number of allylic oxidation sites excluding steroid dienone is 2. The molecule has 0 bridgehead atoms. The van der Waals surface area contributed by atoms with E-state index in [0.29, 0.717) is 40.3 Å². The van der Waals surface area contributed by atoms with E-state index in [2.05, 4.69) is 57.0 Å². The lowest BCUT2D eigenvalue weighted by atomic mass is 10.0. The van der Waals surface area contributed by atoms with E-state index in [-0.39, 0.29) is 23.3 Å². The molecule has 1 saturated heterocycles. The van der Waals surface area contributed by atoms with Crippen molar-refractivity contribution in [2.45, 2.75) is 40.4 Å². The van der Waals surface area contributed by atoms with Gasteiger partial charge >= 0.3 is 0 Å². The summed E-state index contributed by atoms with van der Waals surface area (Å²) in [5.41, 5.74) is 4.79. The van der Waals surface area contributed by atoms with E-state index in [4.69, 9.17) is 0 Å². The second-order valence-electron chi connectivity index (χ2n) is 9.46. The summed E-state index contributed by atoms with van der Waals surface area (Å²) in [4.78, 5) is 31.3. The van der Waals surface area contributed by atoms with Crippen LogP contribution in [0.1, 0.15) is 53.6 Å². The fourth-order valence-corrected chi connectivity index (χ4v) is 6.46. The van der Waals surface area contributed by atoms with Gasteiger partial charge in [-0.1, -0.05) is 38.1 Å². The second kappa shape index (κ2) is 13.6. The average Bonchev–Trinajstić information content (AvgIpc) is 3.34. The first-order valence-electron chi connectivity index (χ1n) is 13.0. The number of H-pyrrole nitrogens is 1. The van der Waals surface area contributed by atoms with Crippen LogP contribution < -0.4 is 10.6 Å². The Labute approximate surface area is 245 Å². The molecule has 0 atom stereocenters. The number of halogens is 1. The summed E-state index contributed by atoms with van der Waals surface area (Å²) in [6, 6.07) is 7.39. The SMILES string of the molecule is CC=C1NC(=O)C(=Cc2[nH]c(C)c(C(=O)NCCN(CC)CC)c2C)C1=CCS(=O)(=O)Cc1cccc(I)c1. The summed E-state index contributed by atoms with van der Waals surface area (Å²) in [5, 5.41) is 5.81. The highest BCUT2D eigenvalue weighted by molar-refractivity contribution is 14.1. The predicted molar refractivity (Wildman–Crippen MR) is 165 cm³/mol. The zero-order valence-electron chi connectivity index (χ0n) is 23.2. The first-order chi connectivity index (χ1) is 18.5. The topological polar surface area (TPSA) is 111 Å². The van der Waals surface area contributed by atoms with Crippen molar-refractivity contribution >= 4 is 50.3 Å². The molecule has 39 heavy (non-hydrogen) atoms. The quantitative estimate of drug-likeness (QED) is 0.246. The monoisotopic (exact) mass is 664 g/mol. The van der Waals surface area contributed by atoms with Crippen molar-refractivity contribution in [2.24, 2.45) is 0 Å². The minimum atomic E-state index is -3.46. The molecule has 2 heterocycles. The highest BCUT2D eigenvalue weighted by atomic mass is 127. The molecule has 1 aliphatic heterocycles. The normalized spacial score (nSPS) is 17.0. The summed E-state index contributed by atoms with van der Waals surface area (Å²) in [7, 11) is -3.46. The van der Waals surface area contributed by atoms with E-state index in [1.54, 1.807) is 31.2 Å². The van der Waals surface area contributed by atoms with Gasteiger partial charge in [-0.2, -0.15) is 0 Å². The van der Waals surface area contributed by atoms with Crippen LogP contribution in [-0.2, 0) is 20.4 Å². The molecule has 0 spiro atoms. The number of aryl methyl sites for hydroxylation is 1. The van der Waals surface area contributed by atoms with Gasteiger partial charge in [-0.05, 0) is 85.8 Å². The van der Waals surface area contributed by atoms with Crippen molar-refractivity contribution in [3.8, 4) is 0 Å². The first-order valence-corrected chi connectivity index (χ1v) is 15.9. The number of aromatic amines is 1. The van der Waals surface area contributed by atoms with Gasteiger partial charge in [0, 0.05) is 39.3 Å². The number of nitrogens with zero attached hydrogens (tertiary/aromatic N) is 1. The lowest BCUT2D eigenvalue weighted by molar-refractivity contribution is -0.115. The lowest BCUT2D eigenvalue weighted by Gasteiger charge is -2.18. The number of hydrogen-bond acceptors (Lipinski definition) is 5. The zero-order chi connectivity index (χ0) is 28.7. The Balaban J connectivity index is 1.86. The second-order valence-corrected chi connectivity index (χ2v) is 12.8. The van der Waals surface area contributed by atoms with Crippen molar-refractivity contribution < 1.29 is 18.0 Å². The molecule has 0 unspecified atom stereocenters. The van der Waals surface area contributed by atoms with E-state index < -0.39 is 9.84 Å². The molecular weight excluding hydrogens is 627 g/mol. The molecule has 1 aliphatic rings. The summed E-state index contributed by atoms with van der Waals surface area (Å²) in [6.45, 7) is 12.8. The van der Waals surface area contributed by atoms with E-state index in [0.717, 1.165) is 34.3 Å². The van der Waals surface area contributed by atoms with Crippen molar-refractivity contribution in [1.82, 2.24) is 20.5 Å². The minimum absolute atomic E-state index is 0.0824.